The van der Waals surface area contributed by atoms with E-state index in [1.807, 2.05) is 67.6 Å². The van der Waals surface area contributed by atoms with Gasteiger partial charge in [0, 0.05) is 56.4 Å². The van der Waals surface area contributed by atoms with Crippen LogP contribution in [0.15, 0.2) is 77.9 Å². The van der Waals surface area contributed by atoms with Crippen LogP contribution in [-0.2, 0) is 51.2 Å². The molecule has 2 unspecified atom stereocenters. The fraction of sp³-hybridized carbons (Fsp3) is 0.438. The van der Waals surface area contributed by atoms with Crippen molar-refractivity contribution in [2.45, 2.75) is 115 Å². The number of aliphatic imine (C=N–C) groups is 1. The van der Waals surface area contributed by atoms with Crippen LogP contribution in [0.2, 0.25) is 0 Å². The van der Waals surface area contributed by atoms with Gasteiger partial charge in [-0.3, -0.25) is 43.3 Å². The van der Waals surface area contributed by atoms with E-state index in [2.05, 4.69) is 41.9 Å². The number of rotatable bonds is 15. The minimum absolute atomic E-state index is 0.0262. The van der Waals surface area contributed by atoms with Crippen molar-refractivity contribution >= 4 is 74.8 Å². The van der Waals surface area contributed by atoms with Gasteiger partial charge in [-0.15, -0.1) is 0 Å². The Kier molecular flexibility index (Phi) is 18.8. The van der Waals surface area contributed by atoms with Crippen molar-refractivity contribution in [2.75, 3.05) is 13.1 Å². The van der Waals surface area contributed by atoms with E-state index in [0.29, 0.717) is 36.8 Å². The number of carbonyl (C=O) groups is 8. The molecular weight excluding hydrogens is 859 g/mol. The Labute approximate surface area is 389 Å². The number of benzene rings is 3. The average Bonchev–Trinajstić information content (AvgIpc) is 3.70. The van der Waals surface area contributed by atoms with Crippen molar-refractivity contribution in [1.29, 1.82) is 0 Å². The highest BCUT2D eigenvalue weighted by atomic mass is 16.2. The highest BCUT2D eigenvalue weighted by Gasteiger charge is 2.38. The summed E-state index contributed by atoms with van der Waals surface area (Å²) >= 11 is 0. The number of ketones is 1. The first-order valence-corrected chi connectivity index (χ1v) is 22.8. The smallest absolute Gasteiger partial charge is 0.243 e. The second-order valence-corrected chi connectivity index (χ2v) is 16.9. The minimum Gasteiger partial charge on any atom is -0.370 e. The number of aromatic amines is 1. The molecule has 67 heavy (non-hydrogen) atoms. The molecule has 19 nitrogen and oxygen atoms in total. The number of H-pyrrole nitrogens is 1. The van der Waals surface area contributed by atoms with Gasteiger partial charge >= 0.3 is 0 Å². The largest absolute Gasteiger partial charge is 0.370 e. The van der Waals surface area contributed by atoms with Crippen molar-refractivity contribution in [1.82, 2.24) is 36.9 Å². The molecule has 2 heterocycles. The number of fused-ring (bicyclic) bond motifs is 2. The molecule has 1 aliphatic rings. The van der Waals surface area contributed by atoms with Crippen LogP contribution in [0.3, 0.4) is 0 Å². The van der Waals surface area contributed by atoms with Gasteiger partial charge in [-0.25, -0.2) is 0 Å². The molecule has 0 saturated carbocycles. The minimum atomic E-state index is -1.63. The Morgan fingerprint density at radius 1 is 0.776 bits per heavy atom. The maximum Gasteiger partial charge on any atom is 0.243 e. The predicted octanol–water partition coefficient (Wildman–Crippen LogP) is 1.15. The quantitative estimate of drug-likeness (QED) is 0.0351. The van der Waals surface area contributed by atoms with Crippen molar-refractivity contribution in [2.24, 2.45) is 28.1 Å². The number of guanidine groups is 1. The monoisotopic (exact) mass is 921 g/mol. The number of nitrogens with two attached hydrogens (primary N) is 3. The normalized spacial score (nSPS) is 20.9. The third-order valence-corrected chi connectivity index (χ3v) is 11.7. The van der Waals surface area contributed by atoms with Crippen LogP contribution in [0.25, 0.3) is 21.7 Å². The highest BCUT2D eigenvalue weighted by Crippen LogP contribution is 2.21. The predicted molar refractivity (Wildman–Crippen MR) is 254 cm³/mol. The van der Waals surface area contributed by atoms with Crippen LogP contribution in [0, 0.1) is 5.92 Å². The summed E-state index contributed by atoms with van der Waals surface area (Å²) in [6, 6.07) is 14.2. The van der Waals surface area contributed by atoms with Gasteiger partial charge in [-0.1, -0.05) is 80.4 Å². The number of carbonyl (C=O) groups excluding carboxylic acids is 8. The molecule has 3 aromatic carbocycles. The van der Waals surface area contributed by atoms with E-state index in [1.54, 1.807) is 12.3 Å². The topological polar surface area (TPSA) is 315 Å². The van der Waals surface area contributed by atoms with Crippen molar-refractivity contribution < 1.29 is 38.4 Å². The summed E-state index contributed by atoms with van der Waals surface area (Å²) in [7, 11) is 0. The number of hydrogen-bond donors (Lipinski definition) is 10. The second kappa shape index (κ2) is 24.8. The number of amides is 7. The lowest BCUT2D eigenvalue weighted by atomic mass is 9.90. The number of para-hydroxylation sites is 1. The lowest BCUT2D eigenvalue weighted by molar-refractivity contribution is -0.141. The van der Waals surface area contributed by atoms with Crippen LogP contribution in [0.5, 0.6) is 0 Å². The molecule has 5 rings (SSSR count). The van der Waals surface area contributed by atoms with Crippen molar-refractivity contribution in [3.63, 3.8) is 0 Å². The summed E-state index contributed by atoms with van der Waals surface area (Å²) in [4.78, 5) is 118. The molecule has 4 aromatic rings. The molecule has 0 aliphatic carbocycles. The molecule has 7 amide bonds. The van der Waals surface area contributed by atoms with E-state index in [1.165, 1.54) is 6.92 Å². The molecule has 1 aromatic heterocycles. The molecule has 0 bridgehead atoms. The maximum absolute atomic E-state index is 14.7. The Hall–Kier alpha value is -7.31. The van der Waals surface area contributed by atoms with Gasteiger partial charge in [0.25, 0.3) is 0 Å². The van der Waals surface area contributed by atoms with E-state index in [0.717, 1.165) is 21.7 Å². The zero-order chi connectivity index (χ0) is 48.5. The second-order valence-electron chi connectivity index (χ2n) is 16.9. The van der Waals surface area contributed by atoms with E-state index >= 15 is 0 Å². The first-order chi connectivity index (χ1) is 32.1. The molecule has 0 spiro atoms. The number of hydrogen-bond acceptors (Lipinski definition) is 9. The van der Waals surface area contributed by atoms with E-state index < -0.39 is 89.7 Å². The van der Waals surface area contributed by atoms with Crippen LogP contribution in [0.1, 0.15) is 82.8 Å². The third-order valence-electron chi connectivity index (χ3n) is 11.7. The van der Waals surface area contributed by atoms with Gasteiger partial charge < -0.3 is 54.1 Å². The lowest BCUT2D eigenvalue weighted by Crippen LogP contribution is -2.59. The molecule has 6 atom stereocenters. The number of nitrogens with zero attached hydrogens (tertiary/aromatic N) is 1. The highest BCUT2D eigenvalue weighted by molar-refractivity contribution is 6.08. The van der Waals surface area contributed by atoms with Crippen LogP contribution in [-0.4, -0.2) is 101 Å². The molecule has 358 valence electrons. The number of Topliss-reactive ketones (excluding diaryl/α,β-unsaturated/α-hetero) is 1. The zero-order valence-electron chi connectivity index (χ0n) is 38.0. The SMILES string of the molecule is CCCCC(NC(C)=O)C(=O)C1CC(=O)NCCCC[C@@H](C(N)=O)NC(=O)[C@H](Cc2c[nH]c3ccccc23)NC(=O)[C@H](CCCN=C(N)N)NC(=O)[C@@H](Cc2ccc3ccccc3c2)NC1=O. The molecule has 1 saturated heterocycles. The van der Waals surface area contributed by atoms with E-state index in [9.17, 15) is 38.4 Å². The average molecular weight is 922 g/mol. The molecular formula is C48H63N11O8. The molecule has 19 heteroatoms. The van der Waals surface area contributed by atoms with Crippen molar-refractivity contribution in [3.05, 3.63) is 84.1 Å². The van der Waals surface area contributed by atoms with Gasteiger partial charge in [0.2, 0.25) is 41.4 Å². The fourth-order valence-electron chi connectivity index (χ4n) is 8.15. The van der Waals surface area contributed by atoms with Crippen LogP contribution < -0.4 is 49.1 Å². The van der Waals surface area contributed by atoms with Crippen LogP contribution >= 0.6 is 0 Å². The number of aromatic nitrogens is 1. The fourth-order valence-corrected chi connectivity index (χ4v) is 8.15. The molecule has 13 N–H and O–H groups in total. The molecule has 1 fully saturated rings. The number of primary amides is 1. The molecule has 0 radical (unpaired) electrons. The zero-order valence-corrected chi connectivity index (χ0v) is 38.0. The lowest BCUT2D eigenvalue weighted by Gasteiger charge is -2.28. The maximum atomic E-state index is 14.7. The van der Waals surface area contributed by atoms with Gasteiger partial charge in [0.15, 0.2) is 11.7 Å². The summed E-state index contributed by atoms with van der Waals surface area (Å²) < 4.78 is 0. The summed E-state index contributed by atoms with van der Waals surface area (Å²) in [6.45, 7) is 3.32. The summed E-state index contributed by atoms with van der Waals surface area (Å²) in [5.74, 6) is -7.71. The number of unbranched alkanes of at least 4 members (excludes halogenated alkanes) is 1. The first-order valence-electron chi connectivity index (χ1n) is 22.8. The van der Waals surface area contributed by atoms with Gasteiger partial charge in [-0.05, 0) is 66.5 Å². The van der Waals surface area contributed by atoms with Gasteiger partial charge in [0.1, 0.15) is 30.1 Å². The van der Waals surface area contributed by atoms with Gasteiger partial charge in [-0.2, -0.15) is 0 Å². The summed E-state index contributed by atoms with van der Waals surface area (Å²) in [6.07, 6.45) is 3.28. The standard InChI is InChI=1S/C48H63N11O8/c1-3-4-15-36(55-28(2)60)42(62)34-26-41(61)52-21-10-9-17-37(43(49)63)56-47(67)40(25-32-27-54-35-16-8-7-14-33(32)35)59-45(65)38(18-11-22-53-48(50)51)57-46(66)39(58-44(34)64)24-29-19-20-30-12-5-6-13-31(30)23-29/h5-8,12-14,16,19-20,23,27,34,36-40,54H,3-4,9-11,15,17-18,21-22,24-26H2,1-2H3,(H2,49,63)(H,52,61)(H,55,60)(H,56,67)(H,57,66)(H,58,64)(H,59,65)(H4,50,51,53)/t34?,36?,37-,38-,39+,40-/m0/s1. The van der Waals surface area contributed by atoms with Crippen molar-refractivity contribution in [3.8, 4) is 0 Å². The summed E-state index contributed by atoms with van der Waals surface area (Å²) in [5.41, 5.74) is 19.0. The first kappa shape index (κ1) is 50.7. The Bertz CT molecular complexity index is 2450. The van der Waals surface area contributed by atoms with Gasteiger partial charge in [0.05, 0.1) is 6.04 Å². The van der Waals surface area contributed by atoms with Crippen LogP contribution in [0.4, 0.5) is 0 Å². The Morgan fingerprint density at radius 2 is 1.45 bits per heavy atom. The Morgan fingerprint density at radius 3 is 2.18 bits per heavy atom. The number of nitrogens with one attached hydrogen (secondary N) is 7. The van der Waals surface area contributed by atoms with E-state index in [4.69, 9.17) is 17.2 Å². The Balaban J connectivity index is 1.57. The third kappa shape index (κ3) is 15.1. The van der Waals surface area contributed by atoms with E-state index in [-0.39, 0.29) is 57.6 Å². The summed E-state index contributed by atoms with van der Waals surface area (Å²) in [5, 5.41) is 19.0. The molecule has 1 aliphatic heterocycles.